The summed E-state index contributed by atoms with van der Waals surface area (Å²) in [6, 6.07) is 6.38. The number of hydrogen-bond acceptors (Lipinski definition) is 4. The van der Waals surface area contributed by atoms with Gasteiger partial charge in [0, 0.05) is 0 Å². The molecule has 21 heavy (non-hydrogen) atoms. The standard InChI is InChI=1S/C16H17N3OS/c1-10-7-11(2)13-12(8-10)21-15(18-13)19-14(20)16(9-17)5-3-4-6-16/h7-8H,3-6H2,1-2H3,(H,18,19,20). The van der Waals surface area contributed by atoms with Crippen molar-refractivity contribution in [3.8, 4) is 6.07 Å². The Kier molecular flexibility index (Phi) is 3.42. The molecule has 1 aliphatic rings. The summed E-state index contributed by atoms with van der Waals surface area (Å²) < 4.78 is 1.07. The van der Waals surface area contributed by atoms with Crippen molar-refractivity contribution < 1.29 is 4.79 Å². The Bertz CT molecular complexity index is 751. The van der Waals surface area contributed by atoms with Crippen LogP contribution in [-0.4, -0.2) is 10.9 Å². The van der Waals surface area contributed by atoms with Gasteiger partial charge >= 0.3 is 0 Å². The molecule has 4 nitrogen and oxygen atoms in total. The van der Waals surface area contributed by atoms with Gasteiger partial charge in [0.25, 0.3) is 0 Å². The van der Waals surface area contributed by atoms with Crippen molar-refractivity contribution in [3.05, 3.63) is 23.3 Å². The SMILES string of the molecule is Cc1cc(C)c2nc(NC(=O)C3(C#N)CCCC3)sc2c1. The lowest BCUT2D eigenvalue weighted by atomic mass is 9.87. The van der Waals surface area contributed by atoms with Crippen molar-refractivity contribution in [3.63, 3.8) is 0 Å². The molecule has 1 aromatic heterocycles. The van der Waals surface area contributed by atoms with E-state index in [-0.39, 0.29) is 5.91 Å². The maximum Gasteiger partial charge on any atom is 0.246 e. The molecular weight excluding hydrogens is 282 g/mol. The lowest BCUT2D eigenvalue weighted by molar-refractivity contribution is -0.122. The third-order valence-electron chi connectivity index (χ3n) is 4.16. The minimum Gasteiger partial charge on any atom is -0.301 e. The van der Waals surface area contributed by atoms with Gasteiger partial charge in [-0.05, 0) is 43.9 Å². The maximum absolute atomic E-state index is 12.4. The fourth-order valence-corrected chi connectivity index (χ4v) is 4.05. The highest BCUT2D eigenvalue weighted by atomic mass is 32.1. The number of nitriles is 1. The monoisotopic (exact) mass is 299 g/mol. The third kappa shape index (κ3) is 2.40. The summed E-state index contributed by atoms with van der Waals surface area (Å²) in [4.78, 5) is 16.9. The Balaban J connectivity index is 1.90. The van der Waals surface area contributed by atoms with Crippen LogP contribution < -0.4 is 5.32 Å². The number of fused-ring (bicyclic) bond motifs is 1. The smallest absolute Gasteiger partial charge is 0.246 e. The van der Waals surface area contributed by atoms with Crippen LogP contribution in [0.1, 0.15) is 36.8 Å². The highest BCUT2D eigenvalue weighted by Crippen LogP contribution is 2.39. The van der Waals surface area contributed by atoms with Crippen LogP contribution in [0.4, 0.5) is 5.13 Å². The van der Waals surface area contributed by atoms with Gasteiger partial charge in [-0.15, -0.1) is 0 Å². The molecular formula is C16H17N3OS. The third-order valence-corrected chi connectivity index (χ3v) is 5.07. The molecule has 0 aliphatic heterocycles. The molecule has 2 aromatic rings. The summed E-state index contributed by atoms with van der Waals surface area (Å²) in [6.45, 7) is 4.07. The molecule has 108 valence electrons. The topological polar surface area (TPSA) is 65.8 Å². The van der Waals surface area contributed by atoms with Gasteiger partial charge in [-0.3, -0.25) is 4.79 Å². The van der Waals surface area contributed by atoms with Crippen LogP contribution in [0.3, 0.4) is 0 Å². The van der Waals surface area contributed by atoms with E-state index < -0.39 is 5.41 Å². The predicted octanol–water partition coefficient (Wildman–Crippen LogP) is 3.94. The van der Waals surface area contributed by atoms with Crippen LogP contribution in [-0.2, 0) is 4.79 Å². The summed E-state index contributed by atoms with van der Waals surface area (Å²) in [5.74, 6) is -0.198. The second kappa shape index (κ2) is 5.12. The summed E-state index contributed by atoms with van der Waals surface area (Å²) in [6.07, 6.45) is 3.19. The molecule has 0 saturated heterocycles. The van der Waals surface area contributed by atoms with Crippen molar-refractivity contribution in [2.45, 2.75) is 39.5 Å². The van der Waals surface area contributed by atoms with Crippen LogP contribution in [0.25, 0.3) is 10.2 Å². The first-order valence-electron chi connectivity index (χ1n) is 7.15. The number of hydrogen-bond donors (Lipinski definition) is 1. The van der Waals surface area contributed by atoms with E-state index in [0.717, 1.165) is 28.6 Å². The molecule has 3 rings (SSSR count). The van der Waals surface area contributed by atoms with Crippen molar-refractivity contribution in [1.29, 1.82) is 5.26 Å². The Hall–Kier alpha value is -1.93. The summed E-state index contributed by atoms with van der Waals surface area (Å²) in [7, 11) is 0. The van der Waals surface area contributed by atoms with Gasteiger partial charge in [0.15, 0.2) is 5.13 Å². The molecule has 1 fully saturated rings. The van der Waals surface area contributed by atoms with Gasteiger partial charge in [0.2, 0.25) is 5.91 Å². The highest BCUT2D eigenvalue weighted by Gasteiger charge is 2.41. The Morgan fingerprint density at radius 2 is 2.10 bits per heavy atom. The lowest BCUT2D eigenvalue weighted by Crippen LogP contribution is -2.32. The molecule has 5 heteroatoms. The van der Waals surface area contributed by atoms with E-state index in [4.69, 9.17) is 0 Å². The Labute approximate surface area is 127 Å². The molecule has 0 atom stereocenters. The van der Waals surface area contributed by atoms with Gasteiger partial charge < -0.3 is 5.32 Å². The van der Waals surface area contributed by atoms with Gasteiger partial charge in [-0.25, -0.2) is 4.98 Å². The van der Waals surface area contributed by atoms with Crippen molar-refractivity contribution in [1.82, 2.24) is 4.98 Å². The normalized spacial score (nSPS) is 16.8. The molecule has 0 spiro atoms. The van der Waals surface area contributed by atoms with E-state index >= 15 is 0 Å². The van der Waals surface area contributed by atoms with Crippen molar-refractivity contribution in [2.24, 2.45) is 5.41 Å². The average molecular weight is 299 g/mol. The van der Waals surface area contributed by atoms with Crippen LogP contribution in [0.15, 0.2) is 12.1 Å². The molecule has 0 radical (unpaired) electrons. The molecule has 0 unspecified atom stereocenters. The number of benzene rings is 1. The molecule has 1 aromatic carbocycles. The number of thiazole rings is 1. The zero-order valence-electron chi connectivity index (χ0n) is 12.2. The number of aromatic nitrogens is 1. The highest BCUT2D eigenvalue weighted by molar-refractivity contribution is 7.22. The van der Waals surface area contributed by atoms with Gasteiger partial charge in [0.1, 0.15) is 5.41 Å². The van der Waals surface area contributed by atoms with Gasteiger partial charge in [-0.2, -0.15) is 5.26 Å². The summed E-state index contributed by atoms with van der Waals surface area (Å²) >= 11 is 1.47. The van der Waals surface area contributed by atoms with Crippen LogP contribution in [0, 0.1) is 30.6 Å². The number of carbonyl (C=O) groups excluding carboxylic acids is 1. The molecule has 1 amide bonds. The second-order valence-electron chi connectivity index (χ2n) is 5.80. The minimum atomic E-state index is -0.858. The molecule has 1 heterocycles. The first kappa shape index (κ1) is 14.0. The van der Waals surface area contributed by atoms with Crippen LogP contribution in [0.2, 0.25) is 0 Å². The van der Waals surface area contributed by atoms with E-state index in [1.807, 2.05) is 13.8 Å². The van der Waals surface area contributed by atoms with E-state index in [1.165, 1.54) is 16.9 Å². The fourth-order valence-electron chi connectivity index (χ4n) is 3.01. The van der Waals surface area contributed by atoms with Crippen molar-refractivity contribution >= 4 is 32.6 Å². The van der Waals surface area contributed by atoms with E-state index in [2.05, 4.69) is 28.5 Å². The molecule has 1 saturated carbocycles. The summed E-state index contributed by atoms with van der Waals surface area (Å²) in [5.41, 5.74) is 2.37. The summed E-state index contributed by atoms with van der Waals surface area (Å²) in [5, 5.41) is 12.8. The number of nitrogens with zero attached hydrogens (tertiary/aromatic N) is 2. The predicted molar refractivity (Wildman–Crippen MR) is 84.2 cm³/mol. The first-order valence-corrected chi connectivity index (χ1v) is 7.96. The first-order chi connectivity index (χ1) is 10.0. The van der Waals surface area contributed by atoms with E-state index in [9.17, 15) is 10.1 Å². The van der Waals surface area contributed by atoms with E-state index in [1.54, 1.807) is 0 Å². The number of nitrogens with one attached hydrogen (secondary N) is 1. The van der Waals surface area contributed by atoms with Crippen LogP contribution >= 0.6 is 11.3 Å². The van der Waals surface area contributed by atoms with Crippen LogP contribution in [0.5, 0.6) is 0 Å². The number of aryl methyl sites for hydroxylation is 2. The number of carbonyl (C=O) groups is 1. The molecule has 1 N–H and O–H groups in total. The zero-order chi connectivity index (χ0) is 15.0. The Morgan fingerprint density at radius 3 is 2.76 bits per heavy atom. The largest absolute Gasteiger partial charge is 0.301 e. The van der Waals surface area contributed by atoms with Gasteiger partial charge in [-0.1, -0.05) is 30.2 Å². The molecule has 1 aliphatic carbocycles. The zero-order valence-corrected chi connectivity index (χ0v) is 13.0. The van der Waals surface area contributed by atoms with Gasteiger partial charge in [0.05, 0.1) is 16.3 Å². The average Bonchev–Trinajstić information content (AvgIpc) is 3.05. The van der Waals surface area contributed by atoms with Crippen molar-refractivity contribution in [2.75, 3.05) is 5.32 Å². The number of amides is 1. The number of rotatable bonds is 2. The second-order valence-corrected chi connectivity index (χ2v) is 6.83. The quantitative estimate of drug-likeness (QED) is 0.913. The molecule has 0 bridgehead atoms. The lowest BCUT2D eigenvalue weighted by Gasteiger charge is -2.17. The fraction of sp³-hybridized carbons (Fsp3) is 0.438. The van der Waals surface area contributed by atoms with E-state index in [0.29, 0.717) is 18.0 Å². The number of anilines is 1. The Morgan fingerprint density at radius 1 is 1.38 bits per heavy atom. The minimum absolute atomic E-state index is 0.198. The maximum atomic E-state index is 12.4.